The lowest BCUT2D eigenvalue weighted by molar-refractivity contribution is -0.387. The van der Waals surface area contributed by atoms with Crippen LogP contribution in [0, 0.1) is 17.0 Å². The van der Waals surface area contributed by atoms with Crippen molar-refractivity contribution in [3.8, 4) is 11.4 Å². The third-order valence-electron chi connectivity index (χ3n) is 3.80. The molecule has 0 saturated heterocycles. The van der Waals surface area contributed by atoms with Gasteiger partial charge in [-0.15, -0.1) is 5.10 Å². The van der Waals surface area contributed by atoms with E-state index in [0.717, 1.165) is 12.1 Å². The molecule has 27 heavy (non-hydrogen) atoms. The van der Waals surface area contributed by atoms with Crippen LogP contribution in [0.25, 0.3) is 5.69 Å². The number of nitrogens with one attached hydrogen (secondary N) is 1. The molecule has 0 unspecified atom stereocenters. The Morgan fingerprint density at radius 3 is 2.67 bits per heavy atom. The summed E-state index contributed by atoms with van der Waals surface area (Å²) in [6.07, 6.45) is 1.37. The number of hydrogen-bond acceptors (Lipinski definition) is 8. The summed E-state index contributed by atoms with van der Waals surface area (Å²) in [6, 6.07) is 8.38. The van der Waals surface area contributed by atoms with Gasteiger partial charge in [-0.25, -0.2) is 13.1 Å². The summed E-state index contributed by atoms with van der Waals surface area (Å²) in [6.45, 7) is 1.68. The van der Waals surface area contributed by atoms with Crippen LogP contribution in [0.1, 0.15) is 5.56 Å². The van der Waals surface area contributed by atoms with Gasteiger partial charge in [0.15, 0.2) is 4.90 Å². The molecule has 0 spiro atoms. The quantitative estimate of drug-likeness (QED) is 0.495. The van der Waals surface area contributed by atoms with Gasteiger partial charge in [0.25, 0.3) is 15.7 Å². The van der Waals surface area contributed by atoms with E-state index in [1.54, 1.807) is 19.1 Å². The molecule has 0 fully saturated rings. The number of ether oxygens (including phenoxy) is 1. The van der Waals surface area contributed by atoms with Crippen molar-refractivity contribution in [1.29, 1.82) is 0 Å². The molecule has 0 aliphatic heterocycles. The lowest BCUT2D eigenvalue weighted by Gasteiger charge is -2.13. The Morgan fingerprint density at radius 2 is 2.04 bits per heavy atom. The Labute approximate surface area is 153 Å². The zero-order valence-corrected chi connectivity index (χ0v) is 15.0. The van der Waals surface area contributed by atoms with Gasteiger partial charge in [0.1, 0.15) is 12.1 Å². The molecule has 11 nitrogen and oxygen atoms in total. The zero-order valence-electron chi connectivity index (χ0n) is 14.2. The van der Waals surface area contributed by atoms with Gasteiger partial charge in [-0.05, 0) is 47.2 Å². The van der Waals surface area contributed by atoms with Gasteiger partial charge in [-0.3, -0.25) is 14.8 Å². The predicted octanol–water partition coefficient (Wildman–Crippen LogP) is 1.69. The van der Waals surface area contributed by atoms with Gasteiger partial charge in [0.05, 0.1) is 29.5 Å². The van der Waals surface area contributed by atoms with Crippen molar-refractivity contribution >= 4 is 21.4 Å². The molecule has 12 heteroatoms. The second kappa shape index (κ2) is 6.99. The first-order valence-electron chi connectivity index (χ1n) is 7.51. The molecule has 0 radical (unpaired) electrons. The van der Waals surface area contributed by atoms with Gasteiger partial charge >= 0.3 is 0 Å². The highest BCUT2D eigenvalue weighted by atomic mass is 32.2. The standard InChI is InChI=1S/C15H14N6O5S/c1-10-12(4-3-5-13(10)20-9-16-18-19-20)17-27(24,25)15-7-6-11(26-2)8-14(15)21(22)23/h3-9,17H,1-2H3. The number of methoxy groups -OCH3 is 1. The number of tetrazole rings is 1. The number of nitrogens with zero attached hydrogens (tertiary/aromatic N) is 5. The molecule has 0 aliphatic rings. The number of anilines is 1. The van der Waals surface area contributed by atoms with E-state index in [0.29, 0.717) is 11.3 Å². The van der Waals surface area contributed by atoms with Gasteiger partial charge in [0.2, 0.25) is 0 Å². The van der Waals surface area contributed by atoms with E-state index in [2.05, 4.69) is 20.2 Å². The van der Waals surface area contributed by atoms with Crippen molar-refractivity contribution in [1.82, 2.24) is 20.2 Å². The Bertz CT molecular complexity index is 1100. The summed E-state index contributed by atoms with van der Waals surface area (Å²) in [5.41, 5.74) is 0.762. The van der Waals surface area contributed by atoms with E-state index in [1.165, 1.54) is 30.3 Å². The van der Waals surface area contributed by atoms with E-state index >= 15 is 0 Å². The van der Waals surface area contributed by atoms with Gasteiger partial charge in [-0.1, -0.05) is 6.07 Å². The van der Waals surface area contributed by atoms with Crippen LogP contribution >= 0.6 is 0 Å². The third kappa shape index (κ3) is 3.55. The summed E-state index contributed by atoms with van der Waals surface area (Å²) in [5.74, 6) is 0.178. The van der Waals surface area contributed by atoms with Crippen LogP contribution in [0.15, 0.2) is 47.6 Å². The minimum Gasteiger partial charge on any atom is -0.497 e. The van der Waals surface area contributed by atoms with Crippen molar-refractivity contribution in [2.24, 2.45) is 0 Å². The average molecular weight is 390 g/mol. The van der Waals surface area contributed by atoms with Crippen molar-refractivity contribution in [2.45, 2.75) is 11.8 Å². The maximum absolute atomic E-state index is 12.8. The van der Waals surface area contributed by atoms with E-state index < -0.39 is 25.5 Å². The van der Waals surface area contributed by atoms with E-state index in [4.69, 9.17) is 4.74 Å². The van der Waals surface area contributed by atoms with Crippen molar-refractivity contribution in [2.75, 3.05) is 11.8 Å². The van der Waals surface area contributed by atoms with Crippen LogP contribution in [0.2, 0.25) is 0 Å². The fourth-order valence-electron chi connectivity index (χ4n) is 2.45. The largest absolute Gasteiger partial charge is 0.497 e. The van der Waals surface area contributed by atoms with Crippen LogP contribution in [-0.4, -0.2) is 40.7 Å². The first kappa shape index (κ1) is 18.3. The molecule has 1 aromatic heterocycles. The summed E-state index contributed by atoms with van der Waals surface area (Å²) in [5, 5.41) is 22.2. The fourth-order valence-corrected chi connectivity index (χ4v) is 3.72. The second-order valence-electron chi connectivity index (χ2n) is 5.40. The lowest BCUT2D eigenvalue weighted by Crippen LogP contribution is -2.16. The summed E-state index contributed by atoms with van der Waals surface area (Å²) >= 11 is 0. The molecule has 0 amide bonds. The molecule has 3 aromatic rings. The highest BCUT2D eigenvalue weighted by molar-refractivity contribution is 7.92. The Balaban J connectivity index is 2.04. The van der Waals surface area contributed by atoms with Crippen LogP contribution < -0.4 is 9.46 Å². The topological polar surface area (TPSA) is 142 Å². The number of nitro benzene ring substituents is 1. The average Bonchev–Trinajstić information content (AvgIpc) is 3.17. The Hall–Kier alpha value is -3.54. The summed E-state index contributed by atoms with van der Waals surface area (Å²) in [7, 11) is -2.90. The maximum atomic E-state index is 12.8. The van der Waals surface area contributed by atoms with Crippen LogP contribution in [-0.2, 0) is 10.0 Å². The number of hydrogen-bond donors (Lipinski definition) is 1. The molecule has 1 N–H and O–H groups in total. The van der Waals surface area contributed by atoms with Crippen molar-refractivity contribution in [3.05, 3.63) is 58.4 Å². The van der Waals surface area contributed by atoms with Crippen LogP contribution in [0.3, 0.4) is 0 Å². The number of sulfonamides is 1. The number of aromatic nitrogens is 4. The van der Waals surface area contributed by atoms with Crippen molar-refractivity contribution < 1.29 is 18.1 Å². The van der Waals surface area contributed by atoms with Crippen molar-refractivity contribution in [3.63, 3.8) is 0 Å². The monoisotopic (exact) mass is 390 g/mol. The number of rotatable bonds is 6. The Kier molecular flexibility index (Phi) is 4.73. The second-order valence-corrected chi connectivity index (χ2v) is 7.05. The molecule has 0 saturated carbocycles. The molecule has 0 aliphatic carbocycles. The molecule has 140 valence electrons. The molecule has 0 atom stereocenters. The summed E-state index contributed by atoms with van der Waals surface area (Å²) < 4.78 is 34.2. The molecule has 1 heterocycles. The highest BCUT2D eigenvalue weighted by Gasteiger charge is 2.27. The van der Waals surface area contributed by atoms with Crippen LogP contribution in [0.4, 0.5) is 11.4 Å². The van der Waals surface area contributed by atoms with Gasteiger partial charge < -0.3 is 4.74 Å². The number of nitro groups is 1. The zero-order chi connectivity index (χ0) is 19.6. The lowest BCUT2D eigenvalue weighted by atomic mass is 10.1. The minimum atomic E-state index is -4.23. The normalized spacial score (nSPS) is 11.2. The SMILES string of the molecule is COc1ccc(S(=O)(=O)Nc2cccc(-n3cnnn3)c2C)c([N+](=O)[O-])c1. The van der Waals surface area contributed by atoms with E-state index in [-0.39, 0.29) is 11.4 Å². The third-order valence-corrected chi connectivity index (χ3v) is 5.21. The first-order valence-corrected chi connectivity index (χ1v) is 9.00. The fraction of sp³-hybridized carbons (Fsp3) is 0.133. The Morgan fingerprint density at radius 1 is 1.26 bits per heavy atom. The molecular formula is C15H14N6O5S. The minimum absolute atomic E-state index is 0.178. The molecule has 2 aromatic carbocycles. The van der Waals surface area contributed by atoms with E-state index in [9.17, 15) is 18.5 Å². The highest BCUT2D eigenvalue weighted by Crippen LogP contribution is 2.31. The first-order chi connectivity index (χ1) is 12.8. The maximum Gasteiger partial charge on any atom is 0.293 e. The van der Waals surface area contributed by atoms with Crippen LogP contribution in [0.5, 0.6) is 5.75 Å². The number of benzene rings is 2. The predicted molar refractivity (Wildman–Crippen MR) is 94.3 cm³/mol. The summed E-state index contributed by atoms with van der Waals surface area (Å²) in [4.78, 5) is 10.0. The molecule has 0 bridgehead atoms. The van der Waals surface area contributed by atoms with E-state index in [1.807, 2.05) is 0 Å². The van der Waals surface area contributed by atoms with Gasteiger partial charge in [0, 0.05) is 0 Å². The molecular weight excluding hydrogens is 376 g/mol. The smallest absolute Gasteiger partial charge is 0.293 e. The van der Waals surface area contributed by atoms with Gasteiger partial charge in [-0.2, -0.15) is 0 Å². The molecule has 3 rings (SSSR count).